The average Bonchev–Trinajstić information content (AvgIpc) is 3.56. The topological polar surface area (TPSA) is 45.2 Å². The van der Waals surface area contributed by atoms with Crippen LogP contribution in [0.25, 0.3) is 0 Å². The molecular weight excluding hydrogens is 393 g/mol. The molecule has 2 fully saturated rings. The van der Waals surface area contributed by atoms with Gasteiger partial charge in [-0.15, -0.1) is 0 Å². The third-order valence-electron chi connectivity index (χ3n) is 5.78. The molecule has 1 N–H and O–H groups in total. The summed E-state index contributed by atoms with van der Waals surface area (Å²) in [5.74, 6) is 0.781. The van der Waals surface area contributed by atoms with E-state index in [4.69, 9.17) is 23.2 Å². The summed E-state index contributed by atoms with van der Waals surface area (Å²) < 4.78 is 0. The summed E-state index contributed by atoms with van der Waals surface area (Å²) in [6.07, 6.45) is 5.87. The number of rotatable bonds is 6. The van der Waals surface area contributed by atoms with Gasteiger partial charge in [0.1, 0.15) is 0 Å². The molecule has 1 aromatic heterocycles. The maximum absolute atomic E-state index is 12.4. The van der Waals surface area contributed by atoms with Crippen molar-refractivity contribution in [2.24, 2.45) is 11.8 Å². The zero-order chi connectivity index (χ0) is 19.5. The lowest BCUT2D eigenvalue weighted by Crippen LogP contribution is -2.41. The van der Waals surface area contributed by atoms with Crippen molar-refractivity contribution >= 4 is 29.1 Å². The van der Waals surface area contributed by atoms with Crippen molar-refractivity contribution in [3.8, 4) is 0 Å². The van der Waals surface area contributed by atoms with Gasteiger partial charge in [-0.25, -0.2) is 0 Å². The van der Waals surface area contributed by atoms with Crippen LogP contribution >= 0.6 is 23.2 Å². The molecule has 1 saturated carbocycles. The first-order valence-electron chi connectivity index (χ1n) is 9.98. The van der Waals surface area contributed by atoms with Crippen LogP contribution in [0.1, 0.15) is 43.0 Å². The molecule has 148 valence electrons. The Labute approximate surface area is 176 Å². The highest BCUT2D eigenvalue weighted by molar-refractivity contribution is 6.42. The molecule has 0 unspecified atom stereocenters. The van der Waals surface area contributed by atoms with Gasteiger partial charge in [0.05, 0.1) is 21.8 Å². The lowest BCUT2D eigenvalue weighted by atomic mass is 9.87. The molecule has 1 atom stereocenters. The van der Waals surface area contributed by atoms with Crippen LogP contribution in [-0.2, 0) is 11.3 Å². The van der Waals surface area contributed by atoms with Gasteiger partial charge in [0.2, 0.25) is 5.91 Å². The van der Waals surface area contributed by atoms with E-state index < -0.39 is 0 Å². The van der Waals surface area contributed by atoms with Crippen molar-refractivity contribution in [1.29, 1.82) is 0 Å². The highest BCUT2D eigenvalue weighted by Gasteiger charge is 2.35. The lowest BCUT2D eigenvalue weighted by molar-refractivity contribution is -0.123. The largest absolute Gasteiger partial charge is 0.347 e. The molecule has 2 aliphatic rings. The van der Waals surface area contributed by atoms with Crippen molar-refractivity contribution in [1.82, 2.24) is 15.2 Å². The number of nitrogens with one attached hydrogen (secondary N) is 1. The first-order chi connectivity index (χ1) is 13.6. The van der Waals surface area contributed by atoms with Crippen LogP contribution in [0.5, 0.6) is 0 Å². The molecular formula is C22H25Cl2N3O. The number of hydrogen-bond acceptors (Lipinski definition) is 3. The van der Waals surface area contributed by atoms with Gasteiger partial charge in [0.25, 0.3) is 0 Å². The first-order valence-corrected chi connectivity index (χ1v) is 10.7. The van der Waals surface area contributed by atoms with Gasteiger partial charge < -0.3 is 5.32 Å². The summed E-state index contributed by atoms with van der Waals surface area (Å²) in [4.78, 5) is 19.4. The Morgan fingerprint density at radius 3 is 2.57 bits per heavy atom. The zero-order valence-corrected chi connectivity index (χ0v) is 17.3. The monoisotopic (exact) mass is 417 g/mol. The van der Waals surface area contributed by atoms with E-state index in [1.165, 1.54) is 0 Å². The van der Waals surface area contributed by atoms with E-state index in [0.29, 0.717) is 16.0 Å². The van der Waals surface area contributed by atoms with Gasteiger partial charge >= 0.3 is 0 Å². The predicted molar refractivity (Wildman–Crippen MR) is 112 cm³/mol. The van der Waals surface area contributed by atoms with Crippen LogP contribution in [0.3, 0.4) is 0 Å². The zero-order valence-electron chi connectivity index (χ0n) is 15.8. The smallest absolute Gasteiger partial charge is 0.223 e. The molecule has 0 radical (unpaired) electrons. The van der Waals surface area contributed by atoms with Gasteiger partial charge in [-0.3, -0.25) is 14.7 Å². The quantitative estimate of drug-likeness (QED) is 0.728. The minimum absolute atomic E-state index is 0.00814. The molecule has 1 aliphatic heterocycles. The normalized spacial score (nSPS) is 19.4. The van der Waals surface area contributed by atoms with E-state index in [0.717, 1.165) is 56.6 Å². The number of piperidine rings is 1. The molecule has 1 aliphatic carbocycles. The van der Waals surface area contributed by atoms with E-state index in [9.17, 15) is 4.79 Å². The van der Waals surface area contributed by atoms with Gasteiger partial charge in [0, 0.05) is 18.7 Å². The number of carbonyl (C=O) groups is 1. The predicted octanol–water partition coefficient (Wildman–Crippen LogP) is 4.87. The van der Waals surface area contributed by atoms with Gasteiger partial charge in [-0.05, 0) is 68.5 Å². The fourth-order valence-corrected chi connectivity index (χ4v) is 4.35. The fourth-order valence-electron chi connectivity index (χ4n) is 3.97. The highest BCUT2D eigenvalue weighted by atomic mass is 35.5. The summed E-state index contributed by atoms with van der Waals surface area (Å²) >= 11 is 12.5. The Hall–Kier alpha value is -1.62. The second-order valence-corrected chi connectivity index (χ2v) is 8.63. The SMILES string of the molecule is O=C(N[C@@H](c1ccccn1)C1CCN(Cc2cccc(Cl)c2Cl)CC1)C1CC1. The third kappa shape index (κ3) is 4.68. The summed E-state index contributed by atoms with van der Waals surface area (Å²) in [6.45, 7) is 2.74. The van der Waals surface area contributed by atoms with Crippen LogP contribution in [0, 0.1) is 11.8 Å². The minimum atomic E-state index is -0.00814. The molecule has 0 spiro atoms. The number of nitrogens with zero attached hydrogens (tertiary/aromatic N) is 2. The number of aromatic nitrogens is 1. The summed E-state index contributed by atoms with van der Waals surface area (Å²) in [5.41, 5.74) is 2.03. The van der Waals surface area contributed by atoms with Gasteiger partial charge in [-0.2, -0.15) is 0 Å². The summed E-state index contributed by atoms with van der Waals surface area (Å²) in [6, 6.07) is 11.7. The second kappa shape index (κ2) is 8.81. The molecule has 1 aromatic carbocycles. The summed E-state index contributed by atoms with van der Waals surface area (Å²) in [7, 11) is 0. The maximum Gasteiger partial charge on any atom is 0.223 e. The average molecular weight is 418 g/mol. The van der Waals surface area contributed by atoms with E-state index in [2.05, 4.69) is 15.2 Å². The number of hydrogen-bond donors (Lipinski definition) is 1. The standard InChI is InChI=1S/C22H25Cl2N3O/c23-18-5-3-4-17(20(18)24)14-27-12-9-15(10-13-27)21(19-6-1-2-11-25-19)26-22(28)16-7-8-16/h1-6,11,15-16,21H,7-10,12-14H2,(H,26,28)/t21-/m1/s1. The number of benzene rings is 1. The maximum atomic E-state index is 12.4. The van der Waals surface area contributed by atoms with Gasteiger partial charge in [0.15, 0.2) is 0 Å². The second-order valence-electron chi connectivity index (χ2n) is 7.84. The molecule has 1 amide bonds. The number of halogens is 2. The first kappa shape index (κ1) is 19.7. The van der Waals surface area contributed by atoms with Crippen LogP contribution in [0.15, 0.2) is 42.6 Å². The molecule has 0 bridgehead atoms. The Balaban J connectivity index is 1.41. The van der Waals surface area contributed by atoms with E-state index in [-0.39, 0.29) is 17.9 Å². The van der Waals surface area contributed by atoms with Gasteiger partial charge in [-0.1, -0.05) is 41.4 Å². The van der Waals surface area contributed by atoms with Crippen LogP contribution in [0.2, 0.25) is 10.0 Å². The Bertz CT molecular complexity index is 818. The lowest BCUT2D eigenvalue weighted by Gasteiger charge is -2.36. The van der Waals surface area contributed by atoms with Crippen LogP contribution < -0.4 is 5.32 Å². The molecule has 2 aromatic rings. The van der Waals surface area contributed by atoms with E-state index in [1.807, 2.05) is 42.6 Å². The molecule has 1 saturated heterocycles. The molecule has 6 heteroatoms. The fraction of sp³-hybridized carbons (Fsp3) is 0.455. The van der Waals surface area contributed by atoms with Crippen molar-refractivity contribution in [2.75, 3.05) is 13.1 Å². The van der Waals surface area contributed by atoms with E-state index >= 15 is 0 Å². The minimum Gasteiger partial charge on any atom is -0.347 e. The van der Waals surface area contributed by atoms with E-state index in [1.54, 1.807) is 0 Å². The molecule has 4 rings (SSSR count). The molecule has 2 heterocycles. The highest BCUT2D eigenvalue weighted by Crippen LogP contribution is 2.34. The Morgan fingerprint density at radius 2 is 1.89 bits per heavy atom. The van der Waals surface area contributed by atoms with Crippen molar-refractivity contribution in [3.63, 3.8) is 0 Å². The number of amides is 1. The number of pyridine rings is 1. The number of carbonyl (C=O) groups excluding carboxylic acids is 1. The molecule has 4 nitrogen and oxygen atoms in total. The van der Waals surface area contributed by atoms with Crippen molar-refractivity contribution in [3.05, 3.63) is 63.9 Å². The van der Waals surface area contributed by atoms with Crippen molar-refractivity contribution in [2.45, 2.75) is 38.3 Å². The summed E-state index contributed by atoms with van der Waals surface area (Å²) in [5, 5.41) is 4.54. The Morgan fingerprint density at radius 1 is 1.11 bits per heavy atom. The molecule has 28 heavy (non-hydrogen) atoms. The third-order valence-corrected chi connectivity index (χ3v) is 6.64. The number of likely N-dealkylation sites (tertiary alicyclic amines) is 1. The van der Waals surface area contributed by atoms with Crippen molar-refractivity contribution < 1.29 is 4.79 Å². The van der Waals surface area contributed by atoms with Crippen LogP contribution in [0.4, 0.5) is 0 Å². The van der Waals surface area contributed by atoms with Crippen LogP contribution in [-0.4, -0.2) is 28.9 Å². The Kier molecular flexibility index (Phi) is 6.19.